The van der Waals surface area contributed by atoms with Crippen molar-refractivity contribution in [1.82, 2.24) is 5.01 Å². The molecule has 5 heteroatoms. The highest BCUT2D eigenvalue weighted by Gasteiger charge is 2.34. The molecular weight excluding hydrogens is 354 g/mol. The Hall–Kier alpha value is -2.92. The predicted octanol–water partition coefficient (Wildman–Crippen LogP) is 4.81. The van der Waals surface area contributed by atoms with E-state index in [0.29, 0.717) is 11.3 Å². The fraction of sp³-hybridized carbons (Fsp3) is 0.182. The zero-order chi connectivity index (χ0) is 18.8. The maximum absolute atomic E-state index is 13.1. The van der Waals surface area contributed by atoms with E-state index in [0.717, 1.165) is 22.5 Å². The molecular formula is C22H21N3OS. The number of thiophene rings is 1. The van der Waals surface area contributed by atoms with Gasteiger partial charge >= 0.3 is 0 Å². The third-order valence-electron chi connectivity index (χ3n) is 4.75. The molecule has 136 valence electrons. The minimum atomic E-state index is -0.0916. The lowest BCUT2D eigenvalue weighted by molar-refractivity contribution is 0.0716. The molecule has 2 heterocycles. The first-order valence-electron chi connectivity index (χ1n) is 8.91. The molecule has 1 aliphatic rings. The Morgan fingerprint density at radius 1 is 1.04 bits per heavy atom. The summed E-state index contributed by atoms with van der Waals surface area (Å²) in [6.45, 7) is 0. The van der Waals surface area contributed by atoms with Crippen LogP contribution in [0.3, 0.4) is 0 Å². The van der Waals surface area contributed by atoms with Crippen LogP contribution in [-0.2, 0) is 0 Å². The number of hydrogen-bond acceptors (Lipinski definition) is 4. The molecule has 1 aliphatic heterocycles. The molecule has 3 aromatic rings. The van der Waals surface area contributed by atoms with Crippen LogP contribution in [0.15, 0.2) is 77.2 Å². The van der Waals surface area contributed by atoms with Gasteiger partial charge in [0, 0.05) is 26.2 Å². The predicted molar refractivity (Wildman–Crippen MR) is 112 cm³/mol. The minimum Gasteiger partial charge on any atom is -0.378 e. The van der Waals surface area contributed by atoms with Crippen LogP contribution in [0.4, 0.5) is 5.69 Å². The van der Waals surface area contributed by atoms with Gasteiger partial charge < -0.3 is 4.90 Å². The van der Waals surface area contributed by atoms with Crippen molar-refractivity contribution in [3.63, 3.8) is 0 Å². The summed E-state index contributed by atoms with van der Waals surface area (Å²) in [4.78, 5) is 15.8. The third-order valence-corrected chi connectivity index (χ3v) is 5.61. The number of carbonyl (C=O) groups is 1. The summed E-state index contributed by atoms with van der Waals surface area (Å²) >= 11 is 1.45. The SMILES string of the molecule is CN(C)c1ccc([C@@H]2CC(c3ccccc3)=NN2C(=O)c2cccs2)cc1. The summed E-state index contributed by atoms with van der Waals surface area (Å²) in [5.41, 5.74) is 4.24. The maximum Gasteiger partial charge on any atom is 0.284 e. The molecule has 0 radical (unpaired) electrons. The summed E-state index contributed by atoms with van der Waals surface area (Å²) in [6, 6.07) is 22.1. The lowest BCUT2D eigenvalue weighted by Gasteiger charge is -2.22. The molecule has 0 unspecified atom stereocenters. The zero-order valence-corrected chi connectivity index (χ0v) is 16.2. The molecule has 1 amide bonds. The van der Waals surface area contributed by atoms with E-state index in [4.69, 9.17) is 5.10 Å². The molecule has 0 aliphatic carbocycles. The summed E-state index contributed by atoms with van der Waals surface area (Å²) in [7, 11) is 4.04. The van der Waals surface area contributed by atoms with Crippen LogP contribution in [0.25, 0.3) is 0 Å². The Morgan fingerprint density at radius 2 is 1.78 bits per heavy atom. The lowest BCUT2D eigenvalue weighted by Crippen LogP contribution is -2.26. The van der Waals surface area contributed by atoms with Crippen LogP contribution in [0, 0.1) is 0 Å². The molecule has 1 atom stereocenters. The van der Waals surface area contributed by atoms with Crippen LogP contribution in [0.1, 0.15) is 33.3 Å². The number of hydrazone groups is 1. The molecule has 0 N–H and O–H groups in total. The van der Waals surface area contributed by atoms with Crippen LogP contribution in [0.5, 0.6) is 0 Å². The van der Waals surface area contributed by atoms with E-state index < -0.39 is 0 Å². The fourth-order valence-electron chi connectivity index (χ4n) is 3.27. The molecule has 1 aromatic heterocycles. The smallest absolute Gasteiger partial charge is 0.284 e. The Bertz CT molecular complexity index is 947. The fourth-order valence-corrected chi connectivity index (χ4v) is 3.93. The summed E-state index contributed by atoms with van der Waals surface area (Å²) in [6.07, 6.45) is 0.711. The summed E-state index contributed by atoms with van der Waals surface area (Å²) < 4.78 is 0. The zero-order valence-electron chi connectivity index (χ0n) is 15.4. The van der Waals surface area contributed by atoms with Crippen molar-refractivity contribution in [1.29, 1.82) is 0 Å². The molecule has 4 rings (SSSR count). The van der Waals surface area contributed by atoms with E-state index in [-0.39, 0.29) is 11.9 Å². The van der Waals surface area contributed by atoms with Crippen LogP contribution in [-0.4, -0.2) is 30.7 Å². The Kier molecular flexibility index (Phi) is 4.77. The first-order valence-corrected chi connectivity index (χ1v) is 9.78. The molecule has 0 saturated heterocycles. The molecule has 2 aromatic carbocycles. The average molecular weight is 375 g/mol. The Balaban J connectivity index is 1.69. The monoisotopic (exact) mass is 375 g/mol. The van der Waals surface area contributed by atoms with Gasteiger partial charge in [0.2, 0.25) is 0 Å². The topological polar surface area (TPSA) is 35.9 Å². The number of rotatable bonds is 4. The number of benzene rings is 2. The van der Waals surface area contributed by atoms with Crippen molar-refractivity contribution in [2.45, 2.75) is 12.5 Å². The lowest BCUT2D eigenvalue weighted by atomic mass is 9.98. The quantitative estimate of drug-likeness (QED) is 0.656. The van der Waals surface area contributed by atoms with Gasteiger partial charge in [0.05, 0.1) is 16.6 Å². The highest BCUT2D eigenvalue weighted by atomic mass is 32.1. The van der Waals surface area contributed by atoms with Gasteiger partial charge in [-0.2, -0.15) is 5.10 Å². The van der Waals surface area contributed by atoms with Gasteiger partial charge in [-0.25, -0.2) is 5.01 Å². The van der Waals surface area contributed by atoms with Crippen molar-refractivity contribution >= 4 is 28.6 Å². The molecule has 0 saturated carbocycles. The van der Waals surface area contributed by atoms with Crippen molar-refractivity contribution in [3.05, 3.63) is 88.1 Å². The molecule has 27 heavy (non-hydrogen) atoms. The number of hydrogen-bond donors (Lipinski definition) is 0. The van der Waals surface area contributed by atoms with Crippen molar-refractivity contribution < 1.29 is 4.79 Å². The van der Waals surface area contributed by atoms with Gasteiger partial charge in [-0.15, -0.1) is 11.3 Å². The van der Waals surface area contributed by atoms with E-state index >= 15 is 0 Å². The molecule has 0 spiro atoms. The normalized spacial score (nSPS) is 16.3. The molecule has 0 fully saturated rings. The van der Waals surface area contributed by atoms with Gasteiger partial charge in [-0.3, -0.25) is 4.79 Å². The van der Waals surface area contributed by atoms with Crippen molar-refractivity contribution in [2.24, 2.45) is 5.10 Å². The first-order chi connectivity index (χ1) is 13.1. The largest absolute Gasteiger partial charge is 0.378 e. The maximum atomic E-state index is 13.1. The van der Waals surface area contributed by atoms with Gasteiger partial charge in [0.15, 0.2) is 0 Å². The Morgan fingerprint density at radius 3 is 2.41 bits per heavy atom. The van der Waals surface area contributed by atoms with Crippen LogP contribution in [0.2, 0.25) is 0 Å². The third kappa shape index (κ3) is 3.51. The van der Waals surface area contributed by atoms with Crippen LogP contribution >= 0.6 is 11.3 Å². The highest BCUT2D eigenvalue weighted by molar-refractivity contribution is 7.12. The first kappa shape index (κ1) is 17.5. The van der Waals surface area contributed by atoms with Gasteiger partial charge in [0.25, 0.3) is 5.91 Å². The Labute approximate surface area is 163 Å². The summed E-state index contributed by atoms with van der Waals surface area (Å²) in [5, 5.41) is 8.30. The number of carbonyl (C=O) groups excluding carboxylic acids is 1. The van der Waals surface area contributed by atoms with E-state index in [1.54, 1.807) is 5.01 Å². The second-order valence-corrected chi connectivity index (χ2v) is 7.69. The standard InChI is InChI=1S/C22H21N3OS/c1-24(2)18-12-10-17(11-13-18)20-15-19(16-7-4-3-5-8-16)23-25(20)22(26)21-9-6-14-27-21/h3-14,20H,15H2,1-2H3/t20-/m0/s1. The molecule has 4 nitrogen and oxygen atoms in total. The number of anilines is 1. The summed E-state index contributed by atoms with van der Waals surface area (Å²) in [5.74, 6) is -0.0439. The highest BCUT2D eigenvalue weighted by Crippen LogP contribution is 2.35. The number of amides is 1. The van der Waals surface area contributed by atoms with E-state index in [9.17, 15) is 4.79 Å². The van der Waals surface area contributed by atoms with Crippen molar-refractivity contribution in [3.8, 4) is 0 Å². The second-order valence-electron chi connectivity index (χ2n) is 6.75. The van der Waals surface area contributed by atoms with E-state index in [1.165, 1.54) is 11.3 Å². The number of nitrogens with zero attached hydrogens (tertiary/aromatic N) is 3. The van der Waals surface area contributed by atoms with Gasteiger partial charge in [-0.05, 0) is 34.7 Å². The van der Waals surface area contributed by atoms with E-state index in [2.05, 4.69) is 29.2 Å². The average Bonchev–Trinajstić information content (AvgIpc) is 3.38. The van der Waals surface area contributed by atoms with Gasteiger partial charge in [0.1, 0.15) is 0 Å². The van der Waals surface area contributed by atoms with Gasteiger partial charge in [-0.1, -0.05) is 48.5 Å². The second kappa shape index (κ2) is 7.37. The van der Waals surface area contributed by atoms with Crippen molar-refractivity contribution in [2.75, 3.05) is 19.0 Å². The van der Waals surface area contributed by atoms with Crippen LogP contribution < -0.4 is 4.90 Å². The van der Waals surface area contributed by atoms with E-state index in [1.807, 2.05) is 61.9 Å². The minimum absolute atomic E-state index is 0.0439. The molecule has 0 bridgehead atoms.